The summed E-state index contributed by atoms with van der Waals surface area (Å²) in [6, 6.07) is 2.23. The number of benzene rings is 1. The number of rotatable bonds is 4. The SMILES string of the molecule is CC(CO)NCc1ccc(F)cc1C(F)(F)F. The van der Waals surface area contributed by atoms with Gasteiger partial charge in [-0.15, -0.1) is 0 Å². The van der Waals surface area contributed by atoms with Gasteiger partial charge in [0.15, 0.2) is 0 Å². The van der Waals surface area contributed by atoms with Crippen molar-refractivity contribution in [2.75, 3.05) is 6.61 Å². The summed E-state index contributed by atoms with van der Waals surface area (Å²) in [6.45, 7) is 1.39. The van der Waals surface area contributed by atoms with E-state index in [4.69, 9.17) is 5.11 Å². The average Bonchev–Trinajstić information content (AvgIpc) is 2.25. The zero-order valence-electron chi connectivity index (χ0n) is 9.18. The van der Waals surface area contributed by atoms with Crippen molar-refractivity contribution in [2.45, 2.75) is 25.7 Å². The van der Waals surface area contributed by atoms with Crippen molar-refractivity contribution in [1.82, 2.24) is 5.32 Å². The molecule has 0 radical (unpaired) electrons. The van der Waals surface area contributed by atoms with Crippen LogP contribution in [0.2, 0.25) is 0 Å². The summed E-state index contributed by atoms with van der Waals surface area (Å²) in [4.78, 5) is 0. The highest BCUT2D eigenvalue weighted by Gasteiger charge is 2.33. The summed E-state index contributed by atoms with van der Waals surface area (Å²) in [5.74, 6) is -0.920. The number of aliphatic hydroxyl groups is 1. The van der Waals surface area contributed by atoms with E-state index < -0.39 is 17.6 Å². The van der Waals surface area contributed by atoms with Gasteiger partial charge in [-0.1, -0.05) is 6.07 Å². The van der Waals surface area contributed by atoms with Crippen LogP contribution in [0.25, 0.3) is 0 Å². The maximum absolute atomic E-state index is 12.8. The van der Waals surface area contributed by atoms with Gasteiger partial charge < -0.3 is 10.4 Å². The van der Waals surface area contributed by atoms with E-state index in [1.165, 1.54) is 0 Å². The van der Waals surface area contributed by atoms with Crippen molar-refractivity contribution in [3.63, 3.8) is 0 Å². The molecule has 0 aliphatic carbocycles. The Kier molecular flexibility index (Phi) is 4.47. The van der Waals surface area contributed by atoms with Gasteiger partial charge in [0.2, 0.25) is 0 Å². The van der Waals surface area contributed by atoms with Crippen LogP contribution >= 0.6 is 0 Å². The van der Waals surface area contributed by atoms with Crippen molar-refractivity contribution in [3.05, 3.63) is 35.1 Å². The third-order valence-corrected chi connectivity index (χ3v) is 2.29. The molecule has 2 N–H and O–H groups in total. The van der Waals surface area contributed by atoms with Gasteiger partial charge >= 0.3 is 6.18 Å². The first-order chi connectivity index (χ1) is 7.84. The molecular formula is C11H13F4NO. The molecule has 17 heavy (non-hydrogen) atoms. The average molecular weight is 251 g/mol. The lowest BCUT2D eigenvalue weighted by Crippen LogP contribution is -2.29. The third-order valence-electron chi connectivity index (χ3n) is 2.29. The molecule has 1 atom stereocenters. The normalized spacial score (nSPS) is 13.8. The molecule has 0 aliphatic rings. The van der Waals surface area contributed by atoms with E-state index in [0.29, 0.717) is 6.07 Å². The first-order valence-corrected chi connectivity index (χ1v) is 5.04. The zero-order valence-corrected chi connectivity index (χ0v) is 9.18. The molecule has 0 saturated carbocycles. The standard InChI is InChI=1S/C11H13F4NO/c1-7(6-17)16-5-8-2-3-9(12)4-10(8)11(13,14)15/h2-4,7,16-17H,5-6H2,1H3. The Labute approximate surface area is 96.3 Å². The molecular weight excluding hydrogens is 238 g/mol. The first kappa shape index (κ1) is 13.9. The minimum absolute atomic E-state index is 0.0424. The van der Waals surface area contributed by atoms with Crippen LogP contribution in [-0.2, 0) is 12.7 Å². The second-order valence-corrected chi connectivity index (χ2v) is 3.76. The fourth-order valence-corrected chi connectivity index (χ4v) is 1.32. The maximum Gasteiger partial charge on any atom is 0.416 e. The summed E-state index contributed by atoms with van der Waals surface area (Å²) >= 11 is 0. The monoisotopic (exact) mass is 251 g/mol. The van der Waals surface area contributed by atoms with Crippen LogP contribution in [0.5, 0.6) is 0 Å². The third kappa shape index (κ3) is 3.98. The van der Waals surface area contributed by atoms with E-state index in [0.717, 1.165) is 12.1 Å². The molecule has 1 aromatic rings. The van der Waals surface area contributed by atoms with Crippen LogP contribution in [0.3, 0.4) is 0 Å². The minimum Gasteiger partial charge on any atom is -0.395 e. The molecule has 1 aromatic carbocycles. The van der Waals surface area contributed by atoms with Gasteiger partial charge in [0.05, 0.1) is 12.2 Å². The van der Waals surface area contributed by atoms with E-state index in [2.05, 4.69) is 5.32 Å². The molecule has 0 heterocycles. The number of alkyl halides is 3. The molecule has 0 saturated heterocycles. The highest BCUT2D eigenvalue weighted by atomic mass is 19.4. The van der Waals surface area contributed by atoms with Crippen LogP contribution in [0, 0.1) is 5.82 Å². The van der Waals surface area contributed by atoms with E-state index in [1.807, 2.05) is 0 Å². The zero-order chi connectivity index (χ0) is 13.1. The van der Waals surface area contributed by atoms with Crippen LogP contribution in [-0.4, -0.2) is 17.8 Å². The van der Waals surface area contributed by atoms with Crippen LogP contribution < -0.4 is 5.32 Å². The number of halogens is 4. The second kappa shape index (κ2) is 5.46. The summed E-state index contributed by atoms with van der Waals surface area (Å²) in [7, 11) is 0. The summed E-state index contributed by atoms with van der Waals surface area (Å²) in [5.41, 5.74) is -1.03. The van der Waals surface area contributed by atoms with Gasteiger partial charge in [-0.3, -0.25) is 0 Å². The highest BCUT2D eigenvalue weighted by Crippen LogP contribution is 2.32. The fourth-order valence-electron chi connectivity index (χ4n) is 1.32. The Hall–Kier alpha value is -1.14. The lowest BCUT2D eigenvalue weighted by Gasteiger charge is -2.15. The molecule has 0 aromatic heterocycles. The smallest absolute Gasteiger partial charge is 0.395 e. The number of hydrogen-bond acceptors (Lipinski definition) is 2. The summed E-state index contributed by atoms with van der Waals surface area (Å²) < 4.78 is 50.6. The maximum atomic E-state index is 12.8. The minimum atomic E-state index is -4.58. The van der Waals surface area contributed by atoms with E-state index >= 15 is 0 Å². The van der Waals surface area contributed by atoms with Crippen LogP contribution in [0.1, 0.15) is 18.1 Å². The van der Waals surface area contributed by atoms with E-state index in [1.54, 1.807) is 6.92 Å². The molecule has 1 rings (SSSR count). The Balaban J connectivity index is 2.91. The molecule has 2 nitrogen and oxygen atoms in total. The summed E-state index contributed by atoms with van der Waals surface area (Å²) in [6.07, 6.45) is -4.58. The largest absolute Gasteiger partial charge is 0.416 e. The lowest BCUT2D eigenvalue weighted by molar-refractivity contribution is -0.138. The van der Waals surface area contributed by atoms with E-state index in [9.17, 15) is 17.6 Å². The second-order valence-electron chi connectivity index (χ2n) is 3.76. The van der Waals surface area contributed by atoms with Crippen molar-refractivity contribution in [2.24, 2.45) is 0 Å². The van der Waals surface area contributed by atoms with Gasteiger partial charge in [0.25, 0.3) is 0 Å². The molecule has 0 bridgehead atoms. The fraction of sp³-hybridized carbons (Fsp3) is 0.455. The number of hydrogen-bond donors (Lipinski definition) is 2. The van der Waals surface area contributed by atoms with Gasteiger partial charge in [0.1, 0.15) is 5.82 Å². The number of aliphatic hydroxyl groups excluding tert-OH is 1. The molecule has 0 spiro atoms. The van der Waals surface area contributed by atoms with Gasteiger partial charge in [-0.25, -0.2) is 4.39 Å². The molecule has 0 aliphatic heterocycles. The van der Waals surface area contributed by atoms with Crippen molar-refractivity contribution in [1.29, 1.82) is 0 Å². The predicted octanol–water partition coefficient (Wildman–Crippen LogP) is 2.31. The lowest BCUT2D eigenvalue weighted by atomic mass is 10.1. The Morgan fingerprint density at radius 2 is 2.00 bits per heavy atom. The highest BCUT2D eigenvalue weighted by molar-refractivity contribution is 5.30. The van der Waals surface area contributed by atoms with Crippen molar-refractivity contribution in [3.8, 4) is 0 Å². The molecule has 96 valence electrons. The molecule has 0 fully saturated rings. The molecule has 1 unspecified atom stereocenters. The van der Waals surface area contributed by atoms with Gasteiger partial charge in [0, 0.05) is 12.6 Å². The van der Waals surface area contributed by atoms with Crippen LogP contribution in [0.4, 0.5) is 17.6 Å². The summed E-state index contributed by atoms with van der Waals surface area (Å²) in [5, 5.41) is 11.4. The van der Waals surface area contributed by atoms with Crippen molar-refractivity contribution < 1.29 is 22.7 Å². The van der Waals surface area contributed by atoms with Crippen LogP contribution in [0.15, 0.2) is 18.2 Å². The Bertz CT molecular complexity index is 378. The first-order valence-electron chi connectivity index (χ1n) is 5.04. The Morgan fingerprint density at radius 1 is 1.35 bits per heavy atom. The Morgan fingerprint density at radius 3 is 2.53 bits per heavy atom. The quantitative estimate of drug-likeness (QED) is 0.805. The van der Waals surface area contributed by atoms with Crippen molar-refractivity contribution >= 4 is 0 Å². The molecule has 6 heteroatoms. The topological polar surface area (TPSA) is 32.3 Å². The number of nitrogens with one attached hydrogen (secondary N) is 1. The predicted molar refractivity (Wildman–Crippen MR) is 54.8 cm³/mol. The van der Waals surface area contributed by atoms with E-state index in [-0.39, 0.29) is 24.8 Å². The van der Waals surface area contributed by atoms with Gasteiger partial charge in [-0.2, -0.15) is 13.2 Å². The molecule has 0 amide bonds. The van der Waals surface area contributed by atoms with Gasteiger partial charge in [-0.05, 0) is 24.6 Å².